The number of aromatic nitrogens is 1. The van der Waals surface area contributed by atoms with E-state index in [1.165, 1.54) is 18.5 Å². The van der Waals surface area contributed by atoms with Gasteiger partial charge in [-0.05, 0) is 12.8 Å². The smallest absolute Gasteiger partial charge is 0.246 e. The molecule has 1 aliphatic carbocycles. The molecular formula is C12H18N2O4S. The predicted molar refractivity (Wildman–Crippen MR) is 70.3 cm³/mol. The SMILES string of the molecule is O=c1cc[nH]cc1S(=O)(=O)NC1(CO)CCCCC1. The molecule has 1 aromatic heterocycles. The summed E-state index contributed by atoms with van der Waals surface area (Å²) >= 11 is 0. The van der Waals surface area contributed by atoms with E-state index in [4.69, 9.17) is 0 Å². The topological polar surface area (TPSA) is 99.3 Å². The third-order valence-electron chi connectivity index (χ3n) is 3.54. The quantitative estimate of drug-likeness (QED) is 0.743. The van der Waals surface area contributed by atoms with Gasteiger partial charge in [0.2, 0.25) is 15.5 Å². The van der Waals surface area contributed by atoms with Gasteiger partial charge in [0, 0.05) is 18.5 Å². The number of aromatic amines is 1. The number of aliphatic hydroxyl groups is 1. The zero-order chi connectivity index (χ0) is 13.9. The van der Waals surface area contributed by atoms with Crippen molar-refractivity contribution >= 4 is 10.0 Å². The Hall–Kier alpha value is -1.18. The second-order valence-corrected chi connectivity index (χ2v) is 6.63. The number of hydrogen-bond acceptors (Lipinski definition) is 4. The Bertz CT molecular complexity index is 588. The van der Waals surface area contributed by atoms with Crippen LogP contribution in [0.4, 0.5) is 0 Å². The molecule has 0 amide bonds. The lowest BCUT2D eigenvalue weighted by Crippen LogP contribution is -2.52. The molecule has 6 nitrogen and oxygen atoms in total. The van der Waals surface area contributed by atoms with Crippen LogP contribution in [-0.4, -0.2) is 30.7 Å². The maximum atomic E-state index is 12.2. The van der Waals surface area contributed by atoms with Crippen molar-refractivity contribution in [1.82, 2.24) is 9.71 Å². The van der Waals surface area contributed by atoms with Crippen LogP contribution in [0.2, 0.25) is 0 Å². The molecule has 3 N–H and O–H groups in total. The van der Waals surface area contributed by atoms with Crippen LogP contribution in [0.3, 0.4) is 0 Å². The van der Waals surface area contributed by atoms with Crippen molar-refractivity contribution in [2.45, 2.75) is 42.5 Å². The van der Waals surface area contributed by atoms with E-state index in [9.17, 15) is 18.3 Å². The number of H-pyrrole nitrogens is 1. The van der Waals surface area contributed by atoms with Gasteiger partial charge >= 0.3 is 0 Å². The molecule has 1 aliphatic rings. The van der Waals surface area contributed by atoms with Crippen LogP contribution < -0.4 is 10.2 Å². The average molecular weight is 286 g/mol. The summed E-state index contributed by atoms with van der Waals surface area (Å²) < 4.78 is 27.0. The van der Waals surface area contributed by atoms with E-state index in [1.807, 2.05) is 0 Å². The van der Waals surface area contributed by atoms with Crippen LogP contribution in [0.15, 0.2) is 28.2 Å². The second-order valence-electron chi connectivity index (χ2n) is 4.98. The fourth-order valence-corrected chi connectivity index (χ4v) is 3.98. The Morgan fingerprint density at radius 3 is 2.58 bits per heavy atom. The van der Waals surface area contributed by atoms with Gasteiger partial charge in [0.25, 0.3) is 0 Å². The maximum absolute atomic E-state index is 12.2. The van der Waals surface area contributed by atoms with Crippen LogP contribution in [0.25, 0.3) is 0 Å². The Labute approximate surface area is 111 Å². The first-order valence-electron chi connectivity index (χ1n) is 6.31. The van der Waals surface area contributed by atoms with E-state index >= 15 is 0 Å². The number of hydrogen-bond donors (Lipinski definition) is 3. The van der Waals surface area contributed by atoms with E-state index in [0.717, 1.165) is 19.3 Å². The van der Waals surface area contributed by atoms with Gasteiger partial charge in [-0.2, -0.15) is 0 Å². The van der Waals surface area contributed by atoms with Gasteiger partial charge in [-0.25, -0.2) is 13.1 Å². The van der Waals surface area contributed by atoms with Crippen molar-refractivity contribution in [1.29, 1.82) is 0 Å². The van der Waals surface area contributed by atoms with Gasteiger partial charge in [0.1, 0.15) is 4.90 Å². The number of nitrogens with one attached hydrogen (secondary N) is 2. The van der Waals surface area contributed by atoms with E-state index in [-0.39, 0.29) is 11.5 Å². The molecule has 19 heavy (non-hydrogen) atoms. The van der Waals surface area contributed by atoms with Crippen molar-refractivity contribution in [2.75, 3.05) is 6.61 Å². The fourth-order valence-electron chi connectivity index (χ4n) is 2.47. The van der Waals surface area contributed by atoms with Gasteiger partial charge in [0.15, 0.2) is 0 Å². The Balaban J connectivity index is 2.31. The van der Waals surface area contributed by atoms with Crippen LogP contribution in [0.5, 0.6) is 0 Å². The molecule has 0 saturated heterocycles. The van der Waals surface area contributed by atoms with Gasteiger partial charge < -0.3 is 10.1 Å². The molecule has 0 radical (unpaired) electrons. The van der Waals surface area contributed by atoms with Crippen molar-refractivity contribution in [3.05, 3.63) is 28.7 Å². The van der Waals surface area contributed by atoms with Crippen LogP contribution in [-0.2, 0) is 10.0 Å². The standard InChI is InChI=1S/C12H18N2O4S/c15-9-12(5-2-1-3-6-12)14-19(17,18)11-8-13-7-4-10(11)16/h4,7-8,14-15H,1-3,5-6,9H2,(H,13,16). The highest BCUT2D eigenvalue weighted by atomic mass is 32.2. The number of aliphatic hydroxyl groups excluding tert-OH is 1. The van der Waals surface area contributed by atoms with Crippen molar-refractivity contribution in [3.8, 4) is 0 Å². The summed E-state index contributed by atoms with van der Waals surface area (Å²) in [6, 6.07) is 1.17. The highest BCUT2D eigenvalue weighted by Crippen LogP contribution is 2.29. The van der Waals surface area contributed by atoms with Gasteiger partial charge in [-0.15, -0.1) is 0 Å². The summed E-state index contributed by atoms with van der Waals surface area (Å²) in [6.45, 7) is -0.253. The minimum absolute atomic E-state index is 0.253. The molecule has 0 aromatic carbocycles. The first-order valence-corrected chi connectivity index (χ1v) is 7.79. The molecule has 0 aliphatic heterocycles. The molecule has 1 saturated carbocycles. The Kier molecular flexibility index (Phi) is 4.07. The summed E-state index contributed by atoms with van der Waals surface area (Å²) in [5.74, 6) is 0. The van der Waals surface area contributed by atoms with Gasteiger partial charge in [-0.1, -0.05) is 19.3 Å². The maximum Gasteiger partial charge on any atom is 0.246 e. The van der Waals surface area contributed by atoms with E-state index in [2.05, 4.69) is 9.71 Å². The van der Waals surface area contributed by atoms with E-state index in [0.29, 0.717) is 12.8 Å². The Morgan fingerprint density at radius 2 is 2.00 bits per heavy atom. The number of sulfonamides is 1. The average Bonchev–Trinajstić information content (AvgIpc) is 2.39. The van der Waals surface area contributed by atoms with Gasteiger partial charge in [0.05, 0.1) is 12.1 Å². The minimum atomic E-state index is -3.91. The van der Waals surface area contributed by atoms with Gasteiger partial charge in [-0.3, -0.25) is 4.79 Å². The molecular weight excluding hydrogens is 268 g/mol. The summed E-state index contributed by atoms with van der Waals surface area (Å²) in [5, 5.41) is 9.51. The molecule has 2 rings (SSSR count). The molecule has 1 heterocycles. The lowest BCUT2D eigenvalue weighted by Gasteiger charge is -2.35. The summed E-state index contributed by atoms with van der Waals surface area (Å²) in [7, 11) is -3.91. The fraction of sp³-hybridized carbons (Fsp3) is 0.583. The molecule has 0 bridgehead atoms. The highest BCUT2D eigenvalue weighted by Gasteiger charge is 2.36. The molecule has 0 unspecified atom stereocenters. The summed E-state index contributed by atoms with van der Waals surface area (Å²) in [4.78, 5) is 13.9. The molecule has 7 heteroatoms. The largest absolute Gasteiger partial charge is 0.394 e. The molecule has 1 fully saturated rings. The molecule has 0 atom stereocenters. The lowest BCUT2D eigenvalue weighted by atomic mass is 9.83. The first-order chi connectivity index (χ1) is 8.99. The van der Waals surface area contributed by atoms with Crippen molar-refractivity contribution in [2.24, 2.45) is 0 Å². The number of rotatable bonds is 4. The molecule has 106 valence electrons. The second kappa shape index (κ2) is 5.44. The lowest BCUT2D eigenvalue weighted by molar-refractivity contribution is 0.142. The summed E-state index contributed by atoms with van der Waals surface area (Å²) in [5.41, 5.74) is -1.39. The third-order valence-corrected chi connectivity index (χ3v) is 5.14. The van der Waals surface area contributed by atoms with E-state index in [1.54, 1.807) is 0 Å². The van der Waals surface area contributed by atoms with Crippen LogP contribution in [0, 0.1) is 0 Å². The molecule has 0 spiro atoms. The zero-order valence-electron chi connectivity index (χ0n) is 10.6. The van der Waals surface area contributed by atoms with Crippen molar-refractivity contribution < 1.29 is 13.5 Å². The number of pyridine rings is 1. The summed E-state index contributed by atoms with van der Waals surface area (Å²) in [6.07, 6.45) is 6.50. The van der Waals surface area contributed by atoms with Crippen LogP contribution in [0.1, 0.15) is 32.1 Å². The van der Waals surface area contributed by atoms with Crippen LogP contribution >= 0.6 is 0 Å². The molecule has 1 aromatic rings. The highest BCUT2D eigenvalue weighted by molar-refractivity contribution is 7.89. The predicted octanol–water partition coefficient (Wildman–Crippen LogP) is 0.348. The van der Waals surface area contributed by atoms with Crippen molar-refractivity contribution in [3.63, 3.8) is 0 Å². The van der Waals surface area contributed by atoms with E-state index < -0.39 is 21.0 Å². The first kappa shape index (κ1) is 14.2. The normalized spacial score (nSPS) is 19.2. The minimum Gasteiger partial charge on any atom is -0.394 e. The monoisotopic (exact) mass is 286 g/mol. The zero-order valence-corrected chi connectivity index (χ0v) is 11.4. The third kappa shape index (κ3) is 3.05. The Morgan fingerprint density at radius 1 is 1.32 bits per heavy atom.